The SMILES string of the molecule is COC(=O)c1ccc(C(=O)N[C@H](C)c2cccc(Cl)c2)cc1. The van der Waals surface area contributed by atoms with Crippen molar-refractivity contribution < 1.29 is 14.3 Å². The van der Waals surface area contributed by atoms with Gasteiger partial charge in [-0.25, -0.2) is 4.79 Å². The average Bonchev–Trinajstić information content (AvgIpc) is 2.54. The van der Waals surface area contributed by atoms with Crippen molar-refractivity contribution in [3.8, 4) is 0 Å². The first kappa shape index (κ1) is 16.0. The van der Waals surface area contributed by atoms with E-state index in [1.54, 1.807) is 30.3 Å². The molecule has 2 aromatic rings. The van der Waals surface area contributed by atoms with Gasteiger partial charge in [-0.05, 0) is 48.9 Å². The second-order valence-electron chi connectivity index (χ2n) is 4.82. The Kier molecular flexibility index (Phi) is 5.17. The Morgan fingerprint density at radius 2 is 1.73 bits per heavy atom. The first-order chi connectivity index (χ1) is 10.5. The van der Waals surface area contributed by atoms with E-state index in [4.69, 9.17) is 11.6 Å². The quantitative estimate of drug-likeness (QED) is 0.876. The number of rotatable bonds is 4. The van der Waals surface area contributed by atoms with Gasteiger partial charge < -0.3 is 10.1 Å². The van der Waals surface area contributed by atoms with Crippen LogP contribution in [-0.2, 0) is 4.74 Å². The summed E-state index contributed by atoms with van der Waals surface area (Å²) in [6.07, 6.45) is 0. The molecule has 0 saturated carbocycles. The number of carbonyl (C=O) groups excluding carboxylic acids is 2. The number of hydrogen-bond donors (Lipinski definition) is 1. The molecule has 0 aliphatic rings. The van der Waals surface area contributed by atoms with Crippen LogP contribution in [0.15, 0.2) is 48.5 Å². The van der Waals surface area contributed by atoms with Gasteiger partial charge in [0.1, 0.15) is 0 Å². The van der Waals surface area contributed by atoms with Crippen molar-refractivity contribution in [2.24, 2.45) is 0 Å². The predicted molar refractivity (Wildman–Crippen MR) is 85.1 cm³/mol. The number of amides is 1. The number of esters is 1. The number of halogens is 1. The second kappa shape index (κ2) is 7.09. The molecule has 0 unspecified atom stereocenters. The van der Waals surface area contributed by atoms with Crippen molar-refractivity contribution in [2.45, 2.75) is 13.0 Å². The summed E-state index contributed by atoms with van der Waals surface area (Å²) in [6, 6.07) is 13.5. The molecule has 0 fully saturated rings. The van der Waals surface area contributed by atoms with Crippen LogP contribution in [0.4, 0.5) is 0 Å². The minimum Gasteiger partial charge on any atom is -0.465 e. The normalized spacial score (nSPS) is 11.6. The molecule has 0 aliphatic heterocycles. The lowest BCUT2D eigenvalue weighted by Gasteiger charge is -2.14. The minimum absolute atomic E-state index is 0.175. The van der Waals surface area contributed by atoms with Crippen molar-refractivity contribution in [3.05, 3.63) is 70.2 Å². The van der Waals surface area contributed by atoms with E-state index < -0.39 is 5.97 Å². The summed E-state index contributed by atoms with van der Waals surface area (Å²) in [7, 11) is 1.32. The van der Waals surface area contributed by atoms with Crippen LogP contribution in [0.3, 0.4) is 0 Å². The fraction of sp³-hybridized carbons (Fsp3) is 0.176. The Morgan fingerprint density at radius 1 is 1.09 bits per heavy atom. The Hall–Kier alpha value is -2.33. The van der Waals surface area contributed by atoms with Gasteiger partial charge in [-0.3, -0.25) is 4.79 Å². The number of hydrogen-bond acceptors (Lipinski definition) is 3. The molecule has 0 bridgehead atoms. The highest BCUT2D eigenvalue weighted by atomic mass is 35.5. The van der Waals surface area contributed by atoms with Gasteiger partial charge >= 0.3 is 5.97 Å². The van der Waals surface area contributed by atoms with Crippen molar-refractivity contribution in [1.29, 1.82) is 0 Å². The van der Waals surface area contributed by atoms with E-state index in [2.05, 4.69) is 10.1 Å². The van der Waals surface area contributed by atoms with Gasteiger partial charge in [0.2, 0.25) is 0 Å². The molecule has 0 aliphatic carbocycles. The summed E-state index contributed by atoms with van der Waals surface area (Å²) in [5.41, 5.74) is 1.80. The average molecular weight is 318 g/mol. The lowest BCUT2D eigenvalue weighted by atomic mass is 10.1. The molecule has 1 amide bonds. The monoisotopic (exact) mass is 317 g/mol. The van der Waals surface area contributed by atoms with Crippen LogP contribution in [-0.4, -0.2) is 19.0 Å². The first-order valence-electron chi connectivity index (χ1n) is 6.76. The van der Waals surface area contributed by atoms with Crippen LogP contribution in [0.1, 0.15) is 39.2 Å². The number of nitrogens with one attached hydrogen (secondary N) is 1. The molecule has 4 nitrogen and oxygen atoms in total. The van der Waals surface area contributed by atoms with Crippen molar-refractivity contribution in [2.75, 3.05) is 7.11 Å². The van der Waals surface area contributed by atoms with E-state index >= 15 is 0 Å². The Labute approximate surface area is 134 Å². The third kappa shape index (κ3) is 3.86. The molecule has 0 radical (unpaired) electrons. The van der Waals surface area contributed by atoms with Gasteiger partial charge in [0.05, 0.1) is 18.7 Å². The standard InChI is InChI=1S/C17H16ClNO3/c1-11(14-4-3-5-15(18)10-14)19-16(20)12-6-8-13(9-7-12)17(21)22-2/h3-11H,1-2H3,(H,19,20)/t11-/m1/s1. The van der Waals surface area contributed by atoms with Crippen LogP contribution in [0.25, 0.3) is 0 Å². The predicted octanol–water partition coefficient (Wildman–Crippen LogP) is 3.62. The van der Waals surface area contributed by atoms with E-state index in [0.29, 0.717) is 16.1 Å². The van der Waals surface area contributed by atoms with E-state index in [0.717, 1.165) is 5.56 Å². The third-order valence-electron chi connectivity index (χ3n) is 3.26. The van der Waals surface area contributed by atoms with Gasteiger partial charge in [-0.2, -0.15) is 0 Å². The third-order valence-corrected chi connectivity index (χ3v) is 3.50. The fourth-order valence-corrected chi connectivity index (χ4v) is 2.21. The van der Waals surface area contributed by atoms with Crippen LogP contribution >= 0.6 is 11.6 Å². The summed E-state index contributed by atoms with van der Waals surface area (Å²) in [6.45, 7) is 1.88. The van der Waals surface area contributed by atoms with Crippen LogP contribution < -0.4 is 5.32 Å². The summed E-state index contributed by atoms with van der Waals surface area (Å²) in [5, 5.41) is 3.51. The van der Waals surface area contributed by atoms with Gasteiger partial charge in [-0.15, -0.1) is 0 Å². The van der Waals surface area contributed by atoms with E-state index in [9.17, 15) is 9.59 Å². The van der Waals surface area contributed by atoms with Crippen molar-refractivity contribution >= 4 is 23.5 Å². The Bertz CT molecular complexity index is 683. The molecule has 5 heteroatoms. The van der Waals surface area contributed by atoms with Crippen LogP contribution in [0.2, 0.25) is 5.02 Å². The zero-order valence-corrected chi connectivity index (χ0v) is 13.1. The topological polar surface area (TPSA) is 55.4 Å². The first-order valence-corrected chi connectivity index (χ1v) is 7.14. The summed E-state index contributed by atoms with van der Waals surface area (Å²) in [4.78, 5) is 23.6. The minimum atomic E-state index is -0.431. The molecule has 114 valence electrons. The molecule has 0 saturated heterocycles. The summed E-state index contributed by atoms with van der Waals surface area (Å²) >= 11 is 5.95. The maximum Gasteiger partial charge on any atom is 0.337 e. The highest BCUT2D eigenvalue weighted by molar-refractivity contribution is 6.30. The van der Waals surface area contributed by atoms with Crippen molar-refractivity contribution in [3.63, 3.8) is 0 Å². The molecule has 2 rings (SSSR count). The van der Waals surface area contributed by atoms with Gasteiger partial charge in [0.15, 0.2) is 0 Å². The molecule has 2 aromatic carbocycles. The molecule has 0 aromatic heterocycles. The fourth-order valence-electron chi connectivity index (χ4n) is 2.01. The number of carbonyl (C=O) groups is 2. The Balaban J connectivity index is 2.07. The summed E-state index contributed by atoms with van der Waals surface area (Å²) in [5.74, 6) is -0.650. The van der Waals surface area contributed by atoms with Crippen molar-refractivity contribution in [1.82, 2.24) is 5.32 Å². The highest BCUT2D eigenvalue weighted by Crippen LogP contribution is 2.18. The molecule has 1 N–H and O–H groups in total. The lowest BCUT2D eigenvalue weighted by molar-refractivity contribution is 0.0600. The summed E-state index contributed by atoms with van der Waals surface area (Å²) < 4.78 is 4.62. The maximum absolute atomic E-state index is 12.2. The maximum atomic E-state index is 12.2. The molecule has 22 heavy (non-hydrogen) atoms. The zero-order chi connectivity index (χ0) is 16.1. The lowest BCUT2D eigenvalue weighted by Crippen LogP contribution is -2.26. The molecule has 0 spiro atoms. The number of benzene rings is 2. The van der Waals surface area contributed by atoms with E-state index in [1.807, 2.05) is 25.1 Å². The van der Waals surface area contributed by atoms with E-state index in [1.165, 1.54) is 7.11 Å². The highest BCUT2D eigenvalue weighted by Gasteiger charge is 2.13. The zero-order valence-electron chi connectivity index (χ0n) is 12.3. The molecule has 0 heterocycles. The van der Waals surface area contributed by atoms with Crippen LogP contribution in [0.5, 0.6) is 0 Å². The smallest absolute Gasteiger partial charge is 0.337 e. The van der Waals surface area contributed by atoms with Gasteiger partial charge in [-0.1, -0.05) is 23.7 Å². The molecular formula is C17H16ClNO3. The largest absolute Gasteiger partial charge is 0.465 e. The number of ether oxygens (including phenoxy) is 1. The second-order valence-corrected chi connectivity index (χ2v) is 5.26. The van der Waals surface area contributed by atoms with Gasteiger partial charge in [0, 0.05) is 10.6 Å². The number of methoxy groups -OCH3 is 1. The van der Waals surface area contributed by atoms with E-state index in [-0.39, 0.29) is 11.9 Å². The molecule has 1 atom stereocenters. The molecular weight excluding hydrogens is 302 g/mol. The van der Waals surface area contributed by atoms with Gasteiger partial charge in [0.25, 0.3) is 5.91 Å². The van der Waals surface area contributed by atoms with Crippen LogP contribution in [0, 0.1) is 0 Å². The Morgan fingerprint density at radius 3 is 2.32 bits per heavy atom.